The molecule has 1 aliphatic carbocycles. The Hall–Kier alpha value is -2.42. The fourth-order valence-corrected chi connectivity index (χ4v) is 4.36. The van der Waals surface area contributed by atoms with Gasteiger partial charge >= 0.3 is 5.97 Å². The van der Waals surface area contributed by atoms with E-state index in [0.717, 1.165) is 25.7 Å². The predicted molar refractivity (Wildman–Crippen MR) is 89.7 cm³/mol. The summed E-state index contributed by atoms with van der Waals surface area (Å²) in [7, 11) is 1.42. The molecule has 2 aromatic heterocycles. The Bertz CT molecular complexity index is 859. The van der Waals surface area contributed by atoms with Crippen molar-refractivity contribution >= 4 is 17.7 Å². The third-order valence-corrected chi connectivity index (χ3v) is 5.44. The quantitative estimate of drug-likeness (QED) is 0.768. The number of rotatable bonds is 3. The second-order valence-electron chi connectivity index (χ2n) is 6.89. The van der Waals surface area contributed by atoms with Gasteiger partial charge in [-0.15, -0.1) is 0 Å². The number of esters is 1. The Labute approximate surface area is 144 Å². The number of carbonyl (C=O) groups excluding carboxylic acids is 1. The average Bonchev–Trinajstić information content (AvgIpc) is 3.15. The minimum Gasteiger partial charge on any atom is -0.468 e. The lowest BCUT2D eigenvalue weighted by Gasteiger charge is -2.32. The van der Waals surface area contributed by atoms with Crippen molar-refractivity contribution in [1.82, 2.24) is 24.5 Å². The number of nitrogens with zero attached hydrogens (tertiary/aromatic N) is 4. The maximum absolute atomic E-state index is 12.3. The molecule has 0 unspecified atom stereocenters. The number of anilines is 1. The summed E-state index contributed by atoms with van der Waals surface area (Å²) in [6.45, 7) is 0.430. The van der Waals surface area contributed by atoms with Gasteiger partial charge in [-0.05, 0) is 25.2 Å². The normalized spacial score (nSPS) is 26.7. The van der Waals surface area contributed by atoms with Crippen LogP contribution in [0, 0.1) is 5.92 Å². The number of nitrogen functional groups attached to an aromatic ring is 1. The molecule has 3 atom stereocenters. The van der Waals surface area contributed by atoms with Gasteiger partial charge in [0, 0.05) is 18.7 Å². The molecule has 0 aromatic carbocycles. The number of nitrogens with one attached hydrogen (secondary N) is 1. The smallest absolute Gasteiger partial charge is 0.323 e. The molecule has 1 saturated carbocycles. The number of nitrogens with two attached hydrogens (primary N) is 1. The number of carbonyl (C=O) groups is 1. The Kier molecular flexibility index (Phi) is 3.95. The Balaban J connectivity index is 1.66. The van der Waals surface area contributed by atoms with Gasteiger partial charge in [0.25, 0.3) is 11.3 Å². The maximum atomic E-state index is 12.3. The van der Waals surface area contributed by atoms with E-state index in [4.69, 9.17) is 10.5 Å². The lowest BCUT2D eigenvalue weighted by Crippen LogP contribution is -2.42. The number of hydrogen-bond acceptors (Lipinski definition) is 7. The predicted octanol–water partition coefficient (Wildman–Crippen LogP) is 0.306. The molecule has 0 spiro atoms. The second kappa shape index (κ2) is 6.14. The third kappa shape index (κ3) is 2.78. The molecule has 9 nitrogen and oxygen atoms in total. The highest BCUT2D eigenvalue weighted by Gasteiger charge is 2.45. The van der Waals surface area contributed by atoms with Gasteiger partial charge in [0.2, 0.25) is 5.95 Å². The Morgan fingerprint density at radius 3 is 3.00 bits per heavy atom. The highest BCUT2D eigenvalue weighted by atomic mass is 16.5. The second-order valence-corrected chi connectivity index (χ2v) is 6.89. The zero-order valence-corrected chi connectivity index (χ0v) is 14.1. The van der Waals surface area contributed by atoms with Crippen molar-refractivity contribution < 1.29 is 9.53 Å². The molecule has 9 heteroatoms. The summed E-state index contributed by atoms with van der Waals surface area (Å²) in [4.78, 5) is 35.1. The van der Waals surface area contributed by atoms with Crippen molar-refractivity contribution in [3.8, 4) is 0 Å². The van der Waals surface area contributed by atoms with Crippen LogP contribution in [0.3, 0.4) is 0 Å². The van der Waals surface area contributed by atoms with Crippen LogP contribution in [-0.2, 0) is 16.1 Å². The van der Waals surface area contributed by atoms with E-state index in [0.29, 0.717) is 24.2 Å². The van der Waals surface area contributed by atoms with Crippen molar-refractivity contribution in [2.45, 2.75) is 50.7 Å². The fraction of sp³-hybridized carbons (Fsp3) is 0.625. The van der Waals surface area contributed by atoms with Gasteiger partial charge in [-0.3, -0.25) is 19.6 Å². The van der Waals surface area contributed by atoms with Gasteiger partial charge in [-0.1, -0.05) is 12.8 Å². The summed E-state index contributed by atoms with van der Waals surface area (Å²) in [5.74, 6) is 0.677. The van der Waals surface area contributed by atoms with E-state index in [9.17, 15) is 9.59 Å². The Morgan fingerprint density at radius 1 is 1.40 bits per heavy atom. The molecule has 0 bridgehead atoms. The molecule has 2 aliphatic rings. The summed E-state index contributed by atoms with van der Waals surface area (Å²) in [5, 5.41) is 2.65. The van der Waals surface area contributed by atoms with Gasteiger partial charge in [0.1, 0.15) is 6.04 Å². The van der Waals surface area contributed by atoms with Gasteiger partial charge in [0.15, 0.2) is 0 Å². The molecule has 3 heterocycles. The maximum Gasteiger partial charge on any atom is 0.323 e. The molecule has 134 valence electrons. The van der Waals surface area contributed by atoms with E-state index in [1.807, 2.05) is 0 Å². The first kappa shape index (κ1) is 16.1. The number of H-pyrrole nitrogens is 1. The summed E-state index contributed by atoms with van der Waals surface area (Å²) in [5.41, 5.74) is 5.93. The van der Waals surface area contributed by atoms with Crippen molar-refractivity contribution in [2.24, 2.45) is 5.92 Å². The third-order valence-electron chi connectivity index (χ3n) is 5.44. The van der Waals surface area contributed by atoms with Crippen molar-refractivity contribution in [1.29, 1.82) is 0 Å². The van der Waals surface area contributed by atoms with Crippen LogP contribution in [0.2, 0.25) is 0 Å². The van der Waals surface area contributed by atoms with E-state index in [-0.39, 0.29) is 29.3 Å². The average molecular weight is 346 g/mol. The summed E-state index contributed by atoms with van der Waals surface area (Å²) in [6.07, 6.45) is 5.39. The number of fused-ring (bicyclic) bond motifs is 2. The molecule has 4 rings (SSSR count). The van der Waals surface area contributed by atoms with Crippen molar-refractivity contribution in [2.75, 3.05) is 12.8 Å². The lowest BCUT2D eigenvalue weighted by molar-refractivity contribution is -0.146. The first-order valence-corrected chi connectivity index (χ1v) is 8.64. The van der Waals surface area contributed by atoms with Crippen molar-refractivity contribution in [3.63, 3.8) is 0 Å². The SMILES string of the molecule is COC(=O)[C@@H]1C[C@@H]2CCCC[C@@H]2N1Cc1cc(=O)n2[nH]c(N)nc2n1. The molecule has 3 N–H and O–H groups in total. The van der Waals surface area contributed by atoms with Gasteiger partial charge in [-0.2, -0.15) is 9.50 Å². The molecule has 25 heavy (non-hydrogen) atoms. The van der Waals surface area contributed by atoms with E-state index in [2.05, 4.69) is 20.0 Å². The van der Waals surface area contributed by atoms with E-state index >= 15 is 0 Å². The summed E-state index contributed by atoms with van der Waals surface area (Å²) < 4.78 is 6.22. The molecule has 0 amide bonds. The number of likely N-dealkylation sites (tertiary alicyclic amines) is 1. The van der Waals surface area contributed by atoms with E-state index in [1.54, 1.807) is 0 Å². The number of aromatic nitrogens is 4. The minimum absolute atomic E-state index is 0.141. The first-order valence-electron chi connectivity index (χ1n) is 8.64. The summed E-state index contributed by atoms with van der Waals surface area (Å²) in [6, 6.07) is 1.53. The topological polar surface area (TPSA) is 119 Å². The standard InChI is InChI=1S/C16H22N6O3/c1-25-14(24)12-6-9-4-2-3-5-11(9)21(12)8-10-7-13(23)22-16(18-10)19-15(17)20-22/h7,9,11-12H,2-6,8H2,1H3,(H3,17,18,19,20)/t9-,11-,12-/m0/s1. The largest absolute Gasteiger partial charge is 0.468 e. The van der Waals surface area contributed by atoms with Crippen LogP contribution in [0.5, 0.6) is 0 Å². The van der Waals surface area contributed by atoms with Crippen molar-refractivity contribution in [3.05, 3.63) is 22.1 Å². The van der Waals surface area contributed by atoms with Crippen LogP contribution in [0.15, 0.2) is 10.9 Å². The van der Waals surface area contributed by atoms with Crippen LogP contribution < -0.4 is 11.3 Å². The molecule has 2 aromatic rings. The number of hydrogen-bond donors (Lipinski definition) is 2. The van der Waals surface area contributed by atoms with E-state index in [1.165, 1.54) is 24.1 Å². The monoisotopic (exact) mass is 346 g/mol. The lowest BCUT2D eigenvalue weighted by atomic mass is 9.85. The molecule has 0 radical (unpaired) electrons. The van der Waals surface area contributed by atoms with Crippen LogP contribution in [0.25, 0.3) is 5.78 Å². The highest BCUT2D eigenvalue weighted by molar-refractivity contribution is 5.76. The minimum atomic E-state index is -0.275. The number of aromatic amines is 1. The van der Waals surface area contributed by atoms with Crippen LogP contribution in [0.1, 0.15) is 37.8 Å². The van der Waals surface area contributed by atoms with Gasteiger partial charge in [-0.25, -0.2) is 4.98 Å². The fourth-order valence-electron chi connectivity index (χ4n) is 4.36. The van der Waals surface area contributed by atoms with Gasteiger partial charge in [0.05, 0.1) is 12.8 Å². The molecule has 2 fully saturated rings. The van der Waals surface area contributed by atoms with Crippen LogP contribution in [0.4, 0.5) is 5.95 Å². The number of ether oxygens (including phenoxy) is 1. The van der Waals surface area contributed by atoms with Crippen LogP contribution >= 0.6 is 0 Å². The Morgan fingerprint density at radius 2 is 2.20 bits per heavy atom. The molecule has 1 saturated heterocycles. The summed E-state index contributed by atoms with van der Waals surface area (Å²) >= 11 is 0. The molecular formula is C16H22N6O3. The van der Waals surface area contributed by atoms with Crippen LogP contribution in [-0.4, -0.2) is 49.6 Å². The number of methoxy groups -OCH3 is 1. The zero-order valence-electron chi connectivity index (χ0n) is 14.1. The van der Waals surface area contributed by atoms with E-state index < -0.39 is 0 Å². The molecule has 1 aliphatic heterocycles. The first-order chi connectivity index (χ1) is 12.1. The molecular weight excluding hydrogens is 324 g/mol. The highest BCUT2D eigenvalue weighted by Crippen LogP contribution is 2.40. The zero-order chi connectivity index (χ0) is 17.6. The van der Waals surface area contributed by atoms with Gasteiger partial charge < -0.3 is 10.5 Å².